The maximum atomic E-state index is 13.1. The number of carbonyl (C=O) groups excluding carboxylic acids is 2. The average molecular weight is 330 g/mol. The van der Waals surface area contributed by atoms with Crippen LogP contribution in [0.25, 0.3) is 0 Å². The van der Waals surface area contributed by atoms with Gasteiger partial charge in [0.25, 0.3) is 5.91 Å². The van der Waals surface area contributed by atoms with E-state index in [0.717, 1.165) is 0 Å². The molecule has 1 heterocycles. The Bertz CT molecular complexity index is 646. The molecule has 5 heteroatoms. The van der Waals surface area contributed by atoms with Gasteiger partial charge in [0, 0.05) is 23.7 Å². The van der Waals surface area contributed by atoms with Crippen LogP contribution in [0.2, 0.25) is 0 Å². The fourth-order valence-electron chi connectivity index (χ4n) is 3.38. The highest BCUT2D eigenvalue weighted by Crippen LogP contribution is 2.38. The smallest absolute Gasteiger partial charge is 0.259 e. The van der Waals surface area contributed by atoms with E-state index in [4.69, 9.17) is 0 Å². The van der Waals surface area contributed by atoms with Gasteiger partial charge in [0.1, 0.15) is 12.1 Å². The molecule has 1 aromatic carbocycles. The van der Waals surface area contributed by atoms with E-state index >= 15 is 0 Å². The van der Waals surface area contributed by atoms with E-state index in [-0.39, 0.29) is 17.2 Å². The highest BCUT2D eigenvalue weighted by atomic mass is 16.3. The number of nitrogens with zero attached hydrogens (tertiary/aromatic N) is 2. The topological polar surface area (TPSA) is 60.9 Å². The highest BCUT2D eigenvalue weighted by molar-refractivity contribution is 5.98. The lowest BCUT2D eigenvalue weighted by Crippen LogP contribution is -2.64. The summed E-state index contributed by atoms with van der Waals surface area (Å²) >= 11 is 0. The minimum Gasteiger partial charge on any atom is -0.392 e. The minimum atomic E-state index is -0.917. The molecule has 24 heavy (non-hydrogen) atoms. The van der Waals surface area contributed by atoms with Gasteiger partial charge >= 0.3 is 0 Å². The number of benzene rings is 1. The van der Waals surface area contributed by atoms with Crippen LogP contribution in [-0.2, 0) is 4.79 Å². The lowest BCUT2D eigenvalue weighted by atomic mass is 9.84. The maximum Gasteiger partial charge on any atom is 0.259 e. The SMILES string of the molecule is C=C1[C@@H]([C@H](C)O)C(=O)N(C)[C@H](C(C)(C)C)N1C(=O)c1ccccc1. The Morgan fingerprint density at radius 1 is 1.25 bits per heavy atom. The van der Waals surface area contributed by atoms with Crippen molar-refractivity contribution in [2.45, 2.75) is 40.0 Å². The van der Waals surface area contributed by atoms with Gasteiger partial charge in [0.05, 0.1) is 6.10 Å². The van der Waals surface area contributed by atoms with Gasteiger partial charge in [-0.2, -0.15) is 0 Å². The maximum absolute atomic E-state index is 13.1. The van der Waals surface area contributed by atoms with Gasteiger partial charge in [-0.15, -0.1) is 0 Å². The standard InChI is InChI=1S/C19H26N2O3/c1-12-15(13(2)22)17(24)20(6)18(19(3,4)5)21(12)16(23)14-10-8-7-9-11-14/h7-11,13,15,18,22H,1H2,2-6H3/t13-,15-,18-/m0/s1. The first-order valence-electron chi connectivity index (χ1n) is 8.09. The lowest BCUT2D eigenvalue weighted by Gasteiger charge is -2.52. The Morgan fingerprint density at radius 3 is 2.25 bits per heavy atom. The summed E-state index contributed by atoms with van der Waals surface area (Å²) in [6.45, 7) is 11.5. The van der Waals surface area contributed by atoms with Crippen LogP contribution in [0.15, 0.2) is 42.6 Å². The molecule has 0 aliphatic carbocycles. The Kier molecular flexibility index (Phi) is 4.85. The predicted octanol–water partition coefficient (Wildman–Crippen LogP) is 2.48. The molecule has 0 radical (unpaired) electrons. The van der Waals surface area contributed by atoms with Crippen LogP contribution in [0, 0.1) is 11.3 Å². The fourth-order valence-corrected chi connectivity index (χ4v) is 3.38. The molecular weight excluding hydrogens is 304 g/mol. The van der Waals surface area contributed by atoms with Gasteiger partial charge in [0.2, 0.25) is 5.91 Å². The van der Waals surface area contributed by atoms with E-state index in [1.165, 1.54) is 0 Å². The number of aliphatic hydroxyl groups excluding tert-OH is 1. The van der Waals surface area contributed by atoms with Crippen molar-refractivity contribution in [3.05, 3.63) is 48.2 Å². The largest absolute Gasteiger partial charge is 0.392 e. The summed E-state index contributed by atoms with van der Waals surface area (Å²) in [4.78, 5) is 29.0. The summed E-state index contributed by atoms with van der Waals surface area (Å²) in [6, 6.07) is 8.92. The van der Waals surface area contributed by atoms with Crippen molar-refractivity contribution in [1.82, 2.24) is 9.80 Å². The number of hydrogen-bond donors (Lipinski definition) is 1. The average Bonchev–Trinajstić information content (AvgIpc) is 2.49. The third-order valence-corrected chi connectivity index (χ3v) is 4.39. The zero-order chi connectivity index (χ0) is 18.2. The molecule has 1 saturated heterocycles. The van der Waals surface area contributed by atoms with Gasteiger partial charge < -0.3 is 10.0 Å². The van der Waals surface area contributed by atoms with Gasteiger partial charge in [-0.05, 0) is 19.1 Å². The zero-order valence-corrected chi connectivity index (χ0v) is 15.0. The van der Waals surface area contributed by atoms with Crippen molar-refractivity contribution in [3.63, 3.8) is 0 Å². The second kappa shape index (κ2) is 6.40. The van der Waals surface area contributed by atoms with Gasteiger partial charge in [-0.25, -0.2) is 0 Å². The molecule has 0 unspecified atom stereocenters. The van der Waals surface area contributed by atoms with E-state index < -0.39 is 18.2 Å². The summed E-state index contributed by atoms with van der Waals surface area (Å²) in [7, 11) is 1.67. The molecule has 3 atom stereocenters. The summed E-state index contributed by atoms with van der Waals surface area (Å²) in [6.07, 6.45) is -1.39. The van der Waals surface area contributed by atoms with Crippen LogP contribution in [0.5, 0.6) is 0 Å². The first-order valence-corrected chi connectivity index (χ1v) is 8.09. The molecule has 1 aliphatic rings. The summed E-state index contributed by atoms with van der Waals surface area (Å²) < 4.78 is 0. The zero-order valence-electron chi connectivity index (χ0n) is 15.0. The van der Waals surface area contributed by atoms with Crippen molar-refractivity contribution in [1.29, 1.82) is 0 Å². The van der Waals surface area contributed by atoms with E-state index in [9.17, 15) is 14.7 Å². The van der Waals surface area contributed by atoms with Crippen LogP contribution < -0.4 is 0 Å². The Labute approximate surface area is 143 Å². The monoisotopic (exact) mass is 330 g/mol. The second-order valence-corrected chi connectivity index (χ2v) is 7.44. The van der Waals surface area contributed by atoms with E-state index in [2.05, 4.69) is 6.58 Å². The van der Waals surface area contributed by atoms with Crippen LogP contribution in [-0.4, -0.2) is 46.0 Å². The normalized spacial score (nSPS) is 23.4. The van der Waals surface area contributed by atoms with Crippen molar-refractivity contribution >= 4 is 11.8 Å². The molecule has 0 saturated carbocycles. The summed E-state index contributed by atoms with van der Waals surface area (Å²) in [5, 5.41) is 10.0. The van der Waals surface area contributed by atoms with E-state index in [0.29, 0.717) is 11.3 Å². The quantitative estimate of drug-likeness (QED) is 0.906. The van der Waals surface area contributed by atoms with Gasteiger partial charge in [-0.1, -0.05) is 45.5 Å². The second-order valence-electron chi connectivity index (χ2n) is 7.44. The minimum absolute atomic E-state index is 0.216. The number of rotatable bonds is 2. The van der Waals surface area contributed by atoms with E-state index in [1.54, 1.807) is 48.0 Å². The number of amides is 2. The molecule has 5 nitrogen and oxygen atoms in total. The molecule has 1 fully saturated rings. The molecule has 1 aliphatic heterocycles. The Balaban J connectivity index is 2.55. The van der Waals surface area contributed by atoms with Gasteiger partial charge in [0.15, 0.2) is 0 Å². The van der Waals surface area contributed by atoms with Crippen LogP contribution in [0.1, 0.15) is 38.1 Å². The van der Waals surface area contributed by atoms with Crippen LogP contribution in [0.3, 0.4) is 0 Å². The van der Waals surface area contributed by atoms with E-state index in [1.807, 2.05) is 26.8 Å². The molecule has 0 bridgehead atoms. The lowest BCUT2D eigenvalue weighted by molar-refractivity contribution is -0.151. The van der Waals surface area contributed by atoms with Crippen LogP contribution in [0.4, 0.5) is 0 Å². The number of hydrogen-bond acceptors (Lipinski definition) is 3. The molecule has 2 rings (SSSR count). The first kappa shape index (κ1) is 18.2. The van der Waals surface area contributed by atoms with Crippen LogP contribution >= 0.6 is 0 Å². The van der Waals surface area contributed by atoms with Crippen molar-refractivity contribution < 1.29 is 14.7 Å². The van der Waals surface area contributed by atoms with Crippen molar-refractivity contribution in [2.75, 3.05) is 7.05 Å². The molecule has 2 amide bonds. The Morgan fingerprint density at radius 2 is 1.79 bits per heavy atom. The molecule has 0 aromatic heterocycles. The molecular formula is C19H26N2O3. The third kappa shape index (κ3) is 3.08. The predicted molar refractivity (Wildman–Crippen MR) is 92.9 cm³/mol. The highest BCUT2D eigenvalue weighted by Gasteiger charge is 2.49. The Hall–Kier alpha value is -2.14. The molecule has 1 N–H and O–H groups in total. The first-order chi connectivity index (χ1) is 11.1. The number of carbonyl (C=O) groups is 2. The summed E-state index contributed by atoms with van der Waals surface area (Å²) in [5.74, 6) is -1.25. The fraction of sp³-hybridized carbons (Fsp3) is 0.474. The third-order valence-electron chi connectivity index (χ3n) is 4.39. The van der Waals surface area contributed by atoms with Crippen molar-refractivity contribution in [3.8, 4) is 0 Å². The van der Waals surface area contributed by atoms with Crippen molar-refractivity contribution in [2.24, 2.45) is 11.3 Å². The molecule has 1 aromatic rings. The molecule has 0 spiro atoms. The summed E-state index contributed by atoms with van der Waals surface area (Å²) in [5.41, 5.74) is 0.503. The molecule has 130 valence electrons. The van der Waals surface area contributed by atoms with Gasteiger partial charge in [-0.3, -0.25) is 14.5 Å². The number of aliphatic hydroxyl groups is 1.